The van der Waals surface area contributed by atoms with Crippen molar-refractivity contribution in [3.63, 3.8) is 0 Å². The largest absolute Gasteiger partial charge is 0.306 e. The number of carbonyl (C=O) groups excluding carboxylic acids is 1. The average Bonchev–Trinajstić information content (AvgIpc) is 3.08. The van der Waals surface area contributed by atoms with Crippen LogP contribution in [0.25, 0.3) is 5.69 Å². The van der Waals surface area contributed by atoms with E-state index in [2.05, 4.69) is 10.4 Å². The summed E-state index contributed by atoms with van der Waals surface area (Å²) in [7, 11) is -1.57. The van der Waals surface area contributed by atoms with E-state index in [9.17, 15) is 27.7 Å². The molecule has 1 heterocycles. The smallest absolute Gasteiger partial charge is 0.269 e. The van der Waals surface area contributed by atoms with Crippen molar-refractivity contribution in [3.8, 4) is 5.69 Å². The number of aromatic nitrogens is 2. The number of sulfonamides is 1. The number of hydrogen-bond donors (Lipinski definition) is 1. The summed E-state index contributed by atoms with van der Waals surface area (Å²) in [5.74, 6) is -1.41. The van der Waals surface area contributed by atoms with Crippen molar-refractivity contribution in [3.05, 3.63) is 75.7 Å². The van der Waals surface area contributed by atoms with E-state index in [1.54, 1.807) is 13.0 Å². The maximum absolute atomic E-state index is 14.1. The number of aryl methyl sites for hydroxylation is 1. The Labute approximate surface area is 177 Å². The van der Waals surface area contributed by atoms with Gasteiger partial charge in [0.2, 0.25) is 10.0 Å². The molecule has 0 aliphatic carbocycles. The zero-order valence-electron chi connectivity index (χ0n) is 16.7. The molecular formula is C19H18FN5O5S. The lowest BCUT2D eigenvalue weighted by Crippen LogP contribution is -2.24. The van der Waals surface area contributed by atoms with Crippen molar-refractivity contribution >= 4 is 27.4 Å². The van der Waals surface area contributed by atoms with Crippen LogP contribution in [0.1, 0.15) is 16.1 Å². The molecule has 1 amide bonds. The second kappa shape index (κ2) is 8.24. The van der Waals surface area contributed by atoms with Gasteiger partial charge in [-0.3, -0.25) is 14.9 Å². The number of nitrogens with zero attached hydrogens (tertiary/aromatic N) is 4. The van der Waals surface area contributed by atoms with Crippen LogP contribution in [-0.4, -0.2) is 47.4 Å². The van der Waals surface area contributed by atoms with E-state index in [0.717, 1.165) is 16.4 Å². The van der Waals surface area contributed by atoms with Crippen LogP contribution in [0.2, 0.25) is 0 Å². The third-order valence-electron chi connectivity index (χ3n) is 4.33. The molecule has 0 unspecified atom stereocenters. The first kappa shape index (κ1) is 22.1. The number of carbonyl (C=O) groups is 1. The number of rotatable bonds is 6. The number of amides is 1. The van der Waals surface area contributed by atoms with Gasteiger partial charge < -0.3 is 5.32 Å². The molecule has 0 bridgehead atoms. The summed E-state index contributed by atoms with van der Waals surface area (Å²) in [4.78, 5) is 22.4. The summed E-state index contributed by atoms with van der Waals surface area (Å²) < 4.78 is 40.9. The maximum atomic E-state index is 14.1. The zero-order chi connectivity index (χ0) is 22.9. The summed E-state index contributed by atoms with van der Waals surface area (Å²) in [6.45, 7) is 1.69. The molecule has 0 saturated carbocycles. The molecule has 31 heavy (non-hydrogen) atoms. The number of nitro groups is 1. The molecule has 1 N–H and O–H groups in total. The van der Waals surface area contributed by atoms with Gasteiger partial charge in [0.05, 0.1) is 16.3 Å². The molecule has 1 aromatic heterocycles. The van der Waals surface area contributed by atoms with Crippen molar-refractivity contribution in [2.45, 2.75) is 11.8 Å². The van der Waals surface area contributed by atoms with Crippen LogP contribution in [0.15, 0.2) is 53.4 Å². The van der Waals surface area contributed by atoms with Gasteiger partial charge in [0.1, 0.15) is 16.5 Å². The minimum atomic E-state index is -4.09. The fraction of sp³-hybridized carbons (Fsp3) is 0.158. The van der Waals surface area contributed by atoms with E-state index in [1.807, 2.05) is 0 Å². The molecule has 0 radical (unpaired) electrons. The summed E-state index contributed by atoms with van der Waals surface area (Å²) in [5.41, 5.74) is 0.850. The quantitative estimate of drug-likeness (QED) is 0.457. The molecular weight excluding hydrogens is 429 g/mol. The molecule has 0 fully saturated rings. The number of halogens is 1. The van der Waals surface area contributed by atoms with E-state index in [1.165, 1.54) is 49.1 Å². The van der Waals surface area contributed by atoms with Crippen LogP contribution in [0.4, 0.5) is 15.9 Å². The Morgan fingerprint density at radius 1 is 1.16 bits per heavy atom. The van der Waals surface area contributed by atoms with E-state index in [-0.39, 0.29) is 17.1 Å². The van der Waals surface area contributed by atoms with Crippen LogP contribution in [-0.2, 0) is 10.0 Å². The van der Waals surface area contributed by atoms with Crippen molar-refractivity contribution in [1.82, 2.24) is 14.1 Å². The van der Waals surface area contributed by atoms with Gasteiger partial charge in [0.25, 0.3) is 11.6 Å². The van der Waals surface area contributed by atoms with Crippen LogP contribution in [0.5, 0.6) is 0 Å². The average molecular weight is 447 g/mol. The second-order valence-electron chi connectivity index (χ2n) is 6.74. The first-order valence-corrected chi connectivity index (χ1v) is 10.3. The number of nitro benzene ring substituents is 1. The molecule has 12 heteroatoms. The zero-order valence-corrected chi connectivity index (χ0v) is 17.6. The molecule has 3 aromatic rings. The monoisotopic (exact) mass is 447 g/mol. The minimum Gasteiger partial charge on any atom is -0.306 e. The Hall–Kier alpha value is -3.64. The topological polar surface area (TPSA) is 127 Å². The van der Waals surface area contributed by atoms with Gasteiger partial charge in [0, 0.05) is 37.9 Å². The lowest BCUT2D eigenvalue weighted by Gasteiger charge is -2.13. The molecule has 0 aliphatic rings. The fourth-order valence-corrected chi connectivity index (χ4v) is 3.71. The molecule has 2 aromatic carbocycles. The number of benzene rings is 2. The second-order valence-corrected chi connectivity index (χ2v) is 8.86. The van der Waals surface area contributed by atoms with Crippen molar-refractivity contribution in [1.29, 1.82) is 0 Å². The standard InChI is InChI=1S/C19H18FN5O5S/c1-12-10-18(24(22-12)14-5-7-15(8-6-14)25(27)28)21-19(26)13-4-9-16(20)17(11-13)31(29,30)23(2)3/h4-11H,1-3H3,(H,21,26). The van der Waals surface area contributed by atoms with Gasteiger partial charge >= 0.3 is 0 Å². The lowest BCUT2D eigenvalue weighted by atomic mass is 10.2. The van der Waals surface area contributed by atoms with Crippen molar-refractivity contribution in [2.24, 2.45) is 0 Å². The maximum Gasteiger partial charge on any atom is 0.269 e. The van der Waals surface area contributed by atoms with Crippen molar-refractivity contribution < 1.29 is 22.5 Å². The van der Waals surface area contributed by atoms with E-state index in [0.29, 0.717) is 11.4 Å². The van der Waals surface area contributed by atoms with E-state index in [4.69, 9.17) is 0 Å². The van der Waals surface area contributed by atoms with Gasteiger partial charge in [-0.05, 0) is 37.3 Å². The third-order valence-corrected chi connectivity index (χ3v) is 6.16. The molecule has 0 spiro atoms. The summed E-state index contributed by atoms with van der Waals surface area (Å²) in [6, 6.07) is 10.1. The van der Waals surface area contributed by atoms with Gasteiger partial charge in [-0.2, -0.15) is 5.10 Å². The van der Waals surface area contributed by atoms with Gasteiger partial charge in [-0.15, -0.1) is 0 Å². The molecule has 0 saturated heterocycles. The highest BCUT2D eigenvalue weighted by atomic mass is 32.2. The number of nitrogens with one attached hydrogen (secondary N) is 1. The third kappa shape index (κ3) is 4.44. The van der Waals surface area contributed by atoms with Crippen LogP contribution < -0.4 is 5.32 Å². The Morgan fingerprint density at radius 3 is 2.39 bits per heavy atom. The molecule has 0 atom stereocenters. The highest BCUT2D eigenvalue weighted by molar-refractivity contribution is 7.89. The SMILES string of the molecule is Cc1cc(NC(=O)c2ccc(F)c(S(=O)(=O)N(C)C)c2)n(-c2ccc([N+](=O)[O-])cc2)n1. The number of anilines is 1. The highest BCUT2D eigenvalue weighted by Gasteiger charge is 2.24. The van der Waals surface area contributed by atoms with Gasteiger partial charge in [-0.1, -0.05) is 0 Å². The Morgan fingerprint density at radius 2 is 1.81 bits per heavy atom. The first-order chi connectivity index (χ1) is 14.5. The van der Waals surface area contributed by atoms with E-state index < -0.39 is 31.6 Å². The predicted molar refractivity (Wildman–Crippen MR) is 110 cm³/mol. The molecule has 10 nitrogen and oxygen atoms in total. The Bertz CT molecular complexity index is 1270. The molecule has 0 aliphatic heterocycles. The van der Waals surface area contributed by atoms with Gasteiger partial charge in [-0.25, -0.2) is 21.8 Å². The Kier molecular flexibility index (Phi) is 5.86. The van der Waals surface area contributed by atoms with Gasteiger partial charge in [0.15, 0.2) is 0 Å². The minimum absolute atomic E-state index is 0.0732. The predicted octanol–water partition coefficient (Wildman–Crippen LogP) is 2.73. The summed E-state index contributed by atoms with van der Waals surface area (Å²) in [6.07, 6.45) is 0. The van der Waals surface area contributed by atoms with E-state index >= 15 is 0 Å². The van der Waals surface area contributed by atoms with Crippen LogP contribution in [0, 0.1) is 22.9 Å². The highest BCUT2D eigenvalue weighted by Crippen LogP contribution is 2.23. The normalized spacial score (nSPS) is 11.5. The molecule has 162 valence electrons. The first-order valence-electron chi connectivity index (χ1n) is 8.85. The lowest BCUT2D eigenvalue weighted by molar-refractivity contribution is -0.384. The summed E-state index contributed by atoms with van der Waals surface area (Å²) in [5, 5.41) is 17.7. The Balaban J connectivity index is 1.94. The molecule has 3 rings (SSSR count). The van der Waals surface area contributed by atoms with Crippen molar-refractivity contribution in [2.75, 3.05) is 19.4 Å². The number of hydrogen-bond acceptors (Lipinski definition) is 6. The number of non-ortho nitro benzene ring substituents is 1. The van der Waals surface area contributed by atoms with Crippen LogP contribution >= 0.6 is 0 Å². The fourth-order valence-electron chi connectivity index (χ4n) is 2.73. The van der Waals surface area contributed by atoms with Crippen LogP contribution in [0.3, 0.4) is 0 Å². The summed E-state index contributed by atoms with van der Waals surface area (Å²) >= 11 is 0.